The van der Waals surface area contributed by atoms with Crippen molar-refractivity contribution in [3.05, 3.63) is 18.1 Å². The minimum Gasteiger partial charge on any atom is -0.0816 e. The molecule has 1 aliphatic carbocycles. The van der Waals surface area contributed by atoms with E-state index in [-0.39, 0.29) is 23.1 Å². The van der Waals surface area contributed by atoms with E-state index in [1.165, 1.54) is 12.0 Å². The van der Waals surface area contributed by atoms with Gasteiger partial charge in [0.1, 0.15) is 0 Å². The second kappa shape index (κ2) is 2.64. The van der Waals surface area contributed by atoms with Crippen LogP contribution >= 0.6 is 0 Å². The molecule has 0 heterocycles. The van der Waals surface area contributed by atoms with Crippen LogP contribution in [0.5, 0.6) is 0 Å². The van der Waals surface area contributed by atoms with Crippen molar-refractivity contribution in [3.8, 4) is 0 Å². The molecule has 0 aromatic heterocycles. The predicted molar refractivity (Wildman–Crippen MR) is 31.2 cm³/mol. The molecule has 0 bridgehead atoms. The second-order valence-corrected chi connectivity index (χ2v) is 1.45. The highest BCUT2D eigenvalue weighted by molar-refractivity contribution is 5.75. The quantitative estimate of drug-likeness (QED) is 0.385. The van der Waals surface area contributed by atoms with Gasteiger partial charge in [-0.2, -0.15) is 0 Å². The fourth-order valence-corrected chi connectivity index (χ4v) is 0.354. The number of rotatable bonds is 0. The highest BCUT2D eigenvalue weighted by Gasteiger charge is 1.95. The van der Waals surface area contributed by atoms with Crippen molar-refractivity contribution in [3.63, 3.8) is 0 Å². The molecule has 0 aromatic carbocycles. The van der Waals surface area contributed by atoms with Crippen LogP contribution in [0.2, 0.25) is 0 Å². The summed E-state index contributed by atoms with van der Waals surface area (Å²) < 4.78 is 0. The number of allylic oxidation sites excluding steroid dienone is 2. The number of hydrogen-bond donors (Lipinski definition) is 0. The summed E-state index contributed by atoms with van der Waals surface area (Å²) in [5.41, 5.74) is 1.50. The van der Waals surface area contributed by atoms with E-state index < -0.39 is 0 Å². The first kappa shape index (κ1) is 6.51. The van der Waals surface area contributed by atoms with Gasteiger partial charge in [0.2, 0.25) is 0 Å². The van der Waals surface area contributed by atoms with Crippen LogP contribution in [0.15, 0.2) is 11.6 Å². The van der Waals surface area contributed by atoms with Crippen LogP contribution in [0.1, 0.15) is 13.3 Å². The summed E-state index contributed by atoms with van der Waals surface area (Å²) in [7, 11) is 0. The van der Waals surface area contributed by atoms with E-state index in [1.54, 1.807) is 0 Å². The Bertz CT molecular complexity index is 64.3. The summed E-state index contributed by atoms with van der Waals surface area (Å²) in [5.74, 6) is 0. The largest absolute Gasteiger partial charge is 0.316 e. The normalized spacial score (nSPS) is 17.2. The molecule has 31 valence electrons. The van der Waals surface area contributed by atoms with Gasteiger partial charge in [-0.25, -0.2) is 0 Å². The lowest BCUT2D eigenvalue weighted by molar-refractivity contribution is 1.06. The average molecular weight is 93.4 g/mol. The predicted octanol–water partition coefficient (Wildman–Crippen LogP) is 0.624. The van der Waals surface area contributed by atoms with Gasteiger partial charge >= 0.3 is 23.1 Å². The molecule has 6 heavy (non-hydrogen) atoms. The van der Waals surface area contributed by atoms with E-state index in [0.29, 0.717) is 0 Å². The Morgan fingerprint density at radius 3 is 2.00 bits per heavy atom. The topological polar surface area (TPSA) is 0 Å². The molecule has 0 unspecified atom stereocenters. The third kappa shape index (κ3) is 1.31. The molecular weight excluding hydrogens is 84.4 g/mol. The van der Waals surface area contributed by atoms with Gasteiger partial charge in [0.25, 0.3) is 0 Å². The van der Waals surface area contributed by atoms with E-state index in [1.807, 2.05) is 0 Å². The van der Waals surface area contributed by atoms with E-state index in [9.17, 15) is 0 Å². The van der Waals surface area contributed by atoms with Crippen molar-refractivity contribution >= 4 is 23.1 Å². The van der Waals surface area contributed by atoms with Crippen molar-refractivity contribution in [2.75, 3.05) is 0 Å². The minimum atomic E-state index is 0. The third-order valence-electron chi connectivity index (χ3n) is 0.842. The van der Waals surface area contributed by atoms with E-state index in [4.69, 9.17) is 0 Å². The maximum Gasteiger partial charge on any atom is 0.316 e. The van der Waals surface area contributed by atoms with Gasteiger partial charge in [-0.1, -0.05) is 11.6 Å². The lowest BCUT2D eigenvalue weighted by Gasteiger charge is -2.04. The molecule has 0 aliphatic heterocycles. The zero-order valence-corrected chi connectivity index (χ0v) is 3.36. The molecule has 0 amide bonds. The van der Waals surface area contributed by atoms with Crippen LogP contribution in [-0.4, -0.2) is 23.1 Å². The molecule has 0 fully saturated rings. The SMILES string of the molecule is CC1=C[CH]C1.[MgH2]. The summed E-state index contributed by atoms with van der Waals surface area (Å²) in [4.78, 5) is 0. The molecule has 0 aromatic rings. The summed E-state index contributed by atoms with van der Waals surface area (Å²) in [6.07, 6.45) is 5.52. The Kier molecular flexibility index (Phi) is 2.86. The molecule has 0 N–H and O–H groups in total. The summed E-state index contributed by atoms with van der Waals surface area (Å²) in [6, 6.07) is 0. The zero-order valence-electron chi connectivity index (χ0n) is 3.36. The van der Waals surface area contributed by atoms with Crippen molar-refractivity contribution < 1.29 is 0 Å². The Labute approximate surface area is 54.8 Å². The molecule has 1 rings (SSSR count). The van der Waals surface area contributed by atoms with Crippen LogP contribution in [0.3, 0.4) is 0 Å². The summed E-state index contributed by atoms with van der Waals surface area (Å²) in [5, 5.41) is 0. The van der Waals surface area contributed by atoms with E-state index >= 15 is 0 Å². The van der Waals surface area contributed by atoms with Gasteiger partial charge in [-0.05, 0) is 19.8 Å². The number of hydrogen-bond acceptors (Lipinski definition) is 0. The van der Waals surface area contributed by atoms with Crippen molar-refractivity contribution in [2.45, 2.75) is 13.3 Å². The highest BCUT2D eigenvalue weighted by Crippen LogP contribution is 2.13. The van der Waals surface area contributed by atoms with Crippen LogP contribution < -0.4 is 0 Å². The molecular formula is C5H9Mg. The molecule has 0 spiro atoms. The summed E-state index contributed by atoms with van der Waals surface area (Å²) >= 11 is 0. The first-order valence-corrected chi connectivity index (χ1v) is 1.88. The molecule has 0 nitrogen and oxygen atoms in total. The van der Waals surface area contributed by atoms with Gasteiger partial charge in [0.05, 0.1) is 0 Å². The smallest absolute Gasteiger partial charge is 0.0816 e. The first-order valence-electron chi connectivity index (χ1n) is 1.88. The fraction of sp³-hybridized carbons (Fsp3) is 0.400. The van der Waals surface area contributed by atoms with Gasteiger partial charge in [0, 0.05) is 0 Å². The monoisotopic (exact) mass is 93.1 g/mol. The fourth-order valence-electron chi connectivity index (χ4n) is 0.354. The molecule has 1 radical (unpaired) electrons. The van der Waals surface area contributed by atoms with Crippen LogP contribution in [0.4, 0.5) is 0 Å². The minimum absolute atomic E-state index is 0. The first-order chi connectivity index (χ1) is 2.39. The zero-order chi connectivity index (χ0) is 3.70. The second-order valence-electron chi connectivity index (χ2n) is 1.45. The molecule has 0 atom stereocenters. The maximum atomic E-state index is 2.16. The van der Waals surface area contributed by atoms with Crippen LogP contribution in [0, 0.1) is 6.42 Å². The molecule has 0 saturated carbocycles. The Balaban J connectivity index is 0.000000250. The molecule has 1 heteroatoms. The standard InChI is InChI=1S/C5H7.Mg.2H/c1-5-3-2-4-5;;;/h2-3H,4H2,1H3;;;. The van der Waals surface area contributed by atoms with Crippen LogP contribution in [-0.2, 0) is 0 Å². The van der Waals surface area contributed by atoms with Gasteiger partial charge in [0.15, 0.2) is 0 Å². The van der Waals surface area contributed by atoms with Gasteiger partial charge in [-0.15, -0.1) is 0 Å². The average Bonchev–Trinajstić information content (AvgIpc) is 1.30. The van der Waals surface area contributed by atoms with Crippen molar-refractivity contribution in [1.82, 2.24) is 0 Å². The maximum absolute atomic E-state index is 2.16. The highest BCUT2D eigenvalue weighted by atomic mass is 24.3. The van der Waals surface area contributed by atoms with Crippen molar-refractivity contribution in [1.29, 1.82) is 0 Å². The molecule has 0 saturated heterocycles. The van der Waals surface area contributed by atoms with Crippen LogP contribution in [0.25, 0.3) is 0 Å². The third-order valence-corrected chi connectivity index (χ3v) is 0.842. The van der Waals surface area contributed by atoms with E-state index in [2.05, 4.69) is 19.4 Å². The Morgan fingerprint density at radius 1 is 1.67 bits per heavy atom. The van der Waals surface area contributed by atoms with Gasteiger partial charge < -0.3 is 0 Å². The van der Waals surface area contributed by atoms with Gasteiger partial charge in [-0.3, -0.25) is 0 Å². The molecule has 1 aliphatic rings. The van der Waals surface area contributed by atoms with Crippen molar-refractivity contribution in [2.24, 2.45) is 0 Å². The Morgan fingerprint density at radius 2 is 2.00 bits per heavy atom. The van der Waals surface area contributed by atoms with E-state index in [0.717, 1.165) is 0 Å². The summed E-state index contributed by atoms with van der Waals surface area (Å²) in [6.45, 7) is 2.14. The Hall–Kier alpha value is 0.506. The lowest BCUT2D eigenvalue weighted by atomic mass is 10.0. The lowest BCUT2D eigenvalue weighted by Crippen LogP contribution is -1.86.